The molecule has 0 radical (unpaired) electrons. The smallest absolute Gasteiger partial charge is 0.342 e. The Balaban J connectivity index is 2.54. The molecule has 0 aromatic carbocycles. The maximum absolute atomic E-state index is 3.45. The second kappa shape index (κ2) is 7.52. The minimum Gasteiger partial charge on any atom is -0.342 e. The van der Waals surface area contributed by atoms with Gasteiger partial charge in [-0.25, -0.2) is 0 Å². The molecule has 0 amide bonds. The van der Waals surface area contributed by atoms with Gasteiger partial charge in [0.15, 0.2) is 0 Å². The van der Waals surface area contributed by atoms with E-state index in [0.717, 1.165) is 0 Å². The lowest BCUT2D eigenvalue weighted by atomic mass is 9.63. The van der Waals surface area contributed by atoms with Crippen molar-refractivity contribution in [3.8, 4) is 0 Å². The predicted octanol–water partition coefficient (Wildman–Crippen LogP) is -1.28. The summed E-state index contributed by atoms with van der Waals surface area (Å²) in [4.78, 5) is 0. The van der Waals surface area contributed by atoms with Gasteiger partial charge in [0.05, 0.1) is 0 Å². The Morgan fingerprint density at radius 3 is 0.944 bits per heavy atom. The van der Waals surface area contributed by atoms with E-state index in [1.54, 1.807) is 0 Å². The summed E-state index contributed by atoms with van der Waals surface area (Å²) in [5.74, 6) is 0. The third kappa shape index (κ3) is 6.22. The van der Waals surface area contributed by atoms with Gasteiger partial charge in [0.1, 0.15) is 0 Å². The summed E-state index contributed by atoms with van der Waals surface area (Å²) in [6, 6.07) is 1.27. The van der Waals surface area contributed by atoms with E-state index in [-0.39, 0.29) is 21.4 Å². The monoisotopic (exact) mass is 252 g/mol. The predicted molar refractivity (Wildman–Crippen MR) is 81.5 cm³/mol. The molecule has 102 valence electrons. The Hall–Kier alpha value is -0.0452. The summed E-state index contributed by atoms with van der Waals surface area (Å²) in [5, 5.41) is 20.6. The minimum absolute atomic E-state index is 0.0822. The van der Waals surface area contributed by atoms with E-state index < -0.39 is 0 Å². The van der Waals surface area contributed by atoms with Crippen LogP contribution in [0.5, 0.6) is 0 Å². The van der Waals surface area contributed by atoms with Crippen molar-refractivity contribution in [2.45, 2.75) is 59.7 Å². The molecule has 0 aromatic heterocycles. The van der Waals surface area contributed by atoms with Crippen LogP contribution in [0, 0.1) is 0 Å². The summed E-state index contributed by atoms with van der Waals surface area (Å²) < 4.78 is 0. The van der Waals surface area contributed by atoms with E-state index in [1.807, 2.05) is 0 Å². The molecule has 6 N–H and O–H groups in total. The average molecular weight is 252 g/mol. The van der Waals surface area contributed by atoms with Gasteiger partial charge in [0.25, 0.3) is 0 Å². The third-order valence-electron chi connectivity index (χ3n) is 2.50. The van der Waals surface area contributed by atoms with E-state index in [1.165, 1.54) is 0 Å². The second-order valence-corrected chi connectivity index (χ2v) is 5.76. The highest BCUT2D eigenvalue weighted by Gasteiger charge is 2.36. The van der Waals surface area contributed by atoms with Crippen molar-refractivity contribution < 1.29 is 0 Å². The molecular formula is C9H27B3N6. The standard InChI is InChI=1S/C9H27B3N6/c1-7(2)13-10-16-11(14-8(3)4)18-12(17-10)15-9(5)6/h7-9,13-18H,1-6H3. The van der Waals surface area contributed by atoms with Crippen LogP contribution in [0.1, 0.15) is 41.5 Å². The fourth-order valence-corrected chi connectivity index (χ4v) is 1.93. The van der Waals surface area contributed by atoms with Crippen LogP contribution in [-0.2, 0) is 0 Å². The van der Waals surface area contributed by atoms with E-state index in [9.17, 15) is 0 Å². The number of nitrogens with one attached hydrogen (secondary N) is 6. The maximum Gasteiger partial charge on any atom is 0.376 e. The quantitative estimate of drug-likeness (QED) is 0.331. The van der Waals surface area contributed by atoms with Gasteiger partial charge in [-0.2, -0.15) is 0 Å². The van der Waals surface area contributed by atoms with Crippen molar-refractivity contribution in [1.82, 2.24) is 31.1 Å². The van der Waals surface area contributed by atoms with Gasteiger partial charge in [0, 0.05) is 0 Å². The average Bonchev–Trinajstić information content (AvgIpc) is 2.12. The first-order chi connectivity index (χ1) is 8.36. The summed E-state index contributed by atoms with van der Waals surface area (Å²) in [6.45, 7) is 12.8. The lowest BCUT2D eigenvalue weighted by molar-refractivity contribution is 0.691. The Labute approximate surface area is 113 Å². The first-order valence-corrected chi connectivity index (χ1v) is 6.93. The Morgan fingerprint density at radius 1 is 0.556 bits per heavy atom. The van der Waals surface area contributed by atoms with Crippen LogP contribution in [0.25, 0.3) is 0 Å². The molecule has 1 aliphatic heterocycles. The molecule has 9 heteroatoms. The highest BCUT2D eigenvalue weighted by molar-refractivity contribution is 6.84. The molecule has 0 bridgehead atoms. The molecule has 1 rings (SSSR count). The largest absolute Gasteiger partial charge is 0.376 e. The lowest BCUT2D eigenvalue weighted by Gasteiger charge is -2.35. The molecule has 1 heterocycles. The summed E-state index contributed by atoms with van der Waals surface area (Å²) >= 11 is 0. The normalized spacial score (nSPS) is 17.5. The van der Waals surface area contributed by atoms with Crippen LogP contribution >= 0.6 is 0 Å². The molecule has 18 heavy (non-hydrogen) atoms. The molecule has 1 saturated heterocycles. The summed E-state index contributed by atoms with van der Waals surface area (Å²) in [7, 11) is 0.247. The van der Waals surface area contributed by atoms with E-state index in [0.29, 0.717) is 18.1 Å². The fourth-order valence-electron chi connectivity index (χ4n) is 1.93. The van der Waals surface area contributed by atoms with Gasteiger partial charge in [0.2, 0.25) is 0 Å². The minimum atomic E-state index is 0.0822. The van der Waals surface area contributed by atoms with Crippen LogP contribution in [0.3, 0.4) is 0 Å². The Kier molecular flexibility index (Phi) is 6.69. The Bertz CT molecular complexity index is 196. The first kappa shape index (κ1) is 16.0. The van der Waals surface area contributed by atoms with Crippen molar-refractivity contribution >= 4 is 21.4 Å². The van der Waals surface area contributed by atoms with E-state index in [2.05, 4.69) is 72.6 Å². The topological polar surface area (TPSA) is 72.2 Å². The Morgan fingerprint density at radius 2 is 0.778 bits per heavy atom. The van der Waals surface area contributed by atoms with Gasteiger partial charge in [-0.1, -0.05) is 41.5 Å². The van der Waals surface area contributed by atoms with Crippen molar-refractivity contribution in [3.05, 3.63) is 0 Å². The molecule has 0 saturated carbocycles. The van der Waals surface area contributed by atoms with Gasteiger partial charge in [-0.05, 0) is 18.1 Å². The zero-order chi connectivity index (χ0) is 13.7. The zero-order valence-electron chi connectivity index (χ0n) is 12.5. The van der Waals surface area contributed by atoms with Crippen LogP contribution in [0.4, 0.5) is 0 Å². The van der Waals surface area contributed by atoms with E-state index >= 15 is 0 Å². The van der Waals surface area contributed by atoms with Crippen LogP contribution in [0.15, 0.2) is 0 Å². The first-order valence-electron chi connectivity index (χ1n) is 6.93. The van der Waals surface area contributed by atoms with Gasteiger partial charge < -0.3 is 31.1 Å². The molecule has 0 atom stereocenters. The molecule has 0 aromatic rings. The van der Waals surface area contributed by atoms with Gasteiger partial charge in [-0.3, -0.25) is 0 Å². The van der Waals surface area contributed by atoms with Crippen molar-refractivity contribution in [1.29, 1.82) is 0 Å². The van der Waals surface area contributed by atoms with Crippen LogP contribution in [0.2, 0.25) is 0 Å². The number of rotatable bonds is 6. The fraction of sp³-hybridized carbons (Fsp3) is 1.00. The van der Waals surface area contributed by atoms with E-state index in [4.69, 9.17) is 0 Å². The second-order valence-electron chi connectivity index (χ2n) is 5.76. The van der Waals surface area contributed by atoms with Crippen LogP contribution in [-0.4, -0.2) is 39.5 Å². The molecule has 0 aliphatic carbocycles. The maximum atomic E-state index is 3.45. The SMILES string of the molecule is CC(C)NB1NB(NC(C)C)NB(NC(C)C)N1. The highest BCUT2D eigenvalue weighted by atomic mass is 15.2. The van der Waals surface area contributed by atoms with Gasteiger partial charge >= 0.3 is 21.4 Å². The molecule has 1 aliphatic rings. The highest BCUT2D eigenvalue weighted by Crippen LogP contribution is 1.87. The number of hydrogen-bond donors (Lipinski definition) is 6. The van der Waals surface area contributed by atoms with Crippen molar-refractivity contribution in [2.24, 2.45) is 0 Å². The molecular weight excluding hydrogens is 225 g/mol. The van der Waals surface area contributed by atoms with Gasteiger partial charge in [-0.15, -0.1) is 0 Å². The summed E-state index contributed by atoms with van der Waals surface area (Å²) in [5.41, 5.74) is 0. The summed E-state index contributed by atoms with van der Waals surface area (Å²) in [6.07, 6.45) is 0. The molecule has 1 fully saturated rings. The molecule has 6 nitrogen and oxygen atoms in total. The van der Waals surface area contributed by atoms with Crippen molar-refractivity contribution in [2.75, 3.05) is 0 Å². The third-order valence-corrected chi connectivity index (χ3v) is 2.50. The van der Waals surface area contributed by atoms with Crippen LogP contribution < -0.4 is 31.1 Å². The van der Waals surface area contributed by atoms with Crippen molar-refractivity contribution in [3.63, 3.8) is 0 Å². The number of hydrogen-bond acceptors (Lipinski definition) is 6. The zero-order valence-corrected chi connectivity index (χ0v) is 12.5. The lowest BCUT2D eigenvalue weighted by Crippen LogP contribution is -2.85. The molecule has 0 unspecified atom stereocenters. The molecule has 0 spiro atoms.